The highest BCUT2D eigenvalue weighted by Crippen LogP contribution is 2.15. The minimum absolute atomic E-state index is 0.0517. The summed E-state index contributed by atoms with van der Waals surface area (Å²) in [5.41, 5.74) is 1.95. The minimum Gasteiger partial charge on any atom is -0.335 e. The van der Waals surface area contributed by atoms with Gasteiger partial charge in [-0.3, -0.25) is 9.59 Å². The van der Waals surface area contributed by atoms with Crippen molar-refractivity contribution < 1.29 is 9.59 Å². The summed E-state index contributed by atoms with van der Waals surface area (Å²) in [5.74, 6) is 0.121. The number of hydrogen-bond donors (Lipinski definition) is 0. The Balaban J connectivity index is 1.59. The number of carbonyl (C=O) groups is 2. The van der Waals surface area contributed by atoms with Crippen molar-refractivity contribution in [1.82, 2.24) is 9.80 Å². The van der Waals surface area contributed by atoms with E-state index in [4.69, 9.17) is 0 Å². The Morgan fingerprint density at radius 2 is 1.57 bits per heavy atom. The van der Waals surface area contributed by atoms with Gasteiger partial charge < -0.3 is 9.80 Å². The van der Waals surface area contributed by atoms with Crippen LogP contribution in [0.25, 0.3) is 0 Å². The lowest BCUT2D eigenvalue weighted by Gasteiger charge is -2.34. The second-order valence-corrected chi connectivity index (χ2v) is 6.56. The first-order chi connectivity index (χ1) is 11.2. The Morgan fingerprint density at radius 3 is 2.09 bits per heavy atom. The van der Waals surface area contributed by atoms with Gasteiger partial charge in [-0.15, -0.1) is 11.3 Å². The molecule has 4 nitrogen and oxygen atoms in total. The molecule has 1 aromatic carbocycles. The van der Waals surface area contributed by atoms with Crippen molar-refractivity contribution >= 4 is 23.2 Å². The predicted molar refractivity (Wildman–Crippen MR) is 91.9 cm³/mol. The van der Waals surface area contributed by atoms with Crippen LogP contribution in [-0.2, 0) is 6.42 Å². The number of piperazine rings is 1. The number of thiophene rings is 1. The van der Waals surface area contributed by atoms with Crippen molar-refractivity contribution in [3.63, 3.8) is 0 Å². The van der Waals surface area contributed by atoms with Crippen LogP contribution in [0.5, 0.6) is 0 Å². The lowest BCUT2D eigenvalue weighted by Crippen LogP contribution is -2.50. The van der Waals surface area contributed by atoms with Gasteiger partial charge in [-0.2, -0.15) is 0 Å². The molecule has 0 saturated carbocycles. The molecule has 0 atom stereocenters. The summed E-state index contributed by atoms with van der Waals surface area (Å²) in [7, 11) is 0. The third kappa shape index (κ3) is 3.45. The summed E-state index contributed by atoms with van der Waals surface area (Å²) < 4.78 is 0. The molecular weight excluding hydrogens is 308 g/mol. The van der Waals surface area contributed by atoms with Gasteiger partial charge in [0.2, 0.25) is 0 Å². The molecule has 0 N–H and O–H groups in total. The van der Waals surface area contributed by atoms with E-state index in [1.54, 1.807) is 0 Å². The summed E-state index contributed by atoms with van der Waals surface area (Å²) in [6.07, 6.45) is 0.970. The number of hydrogen-bond acceptors (Lipinski definition) is 3. The van der Waals surface area contributed by atoms with Crippen molar-refractivity contribution in [3.8, 4) is 0 Å². The molecule has 23 heavy (non-hydrogen) atoms. The summed E-state index contributed by atoms with van der Waals surface area (Å²) in [5, 5.41) is 1.91. The number of carbonyl (C=O) groups excluding carboxylic acids is 2. The van der Waals surface area contributed by atoms with Crippen molar-refractivity contribution in [2.75, 3.05) is 26.2 Å². The van der Waals surface area contributed by atoms with Gasteiger partial charge in [-0.05, 0) is 35.6 Å². The second kappa shape index (κ2) is 6.96. The van der Waals surface area contributed by atoms with Gasteiger partial charge in [0.05, 0.1) is 4.88 Å². The molecule has 2 heterocycles. The lowest BCUT2D eigenvalue weighted by atomic mass is 10.1. The third-order valence-corrected chi connectivity index (χ3v) is 5.05. The van der Waals surface area contributed by atoms with E-state index in [0.717, 1.165) is 16.9 Å². The largest absolute Gasteiger partial charge is 0.335 e. The van der Waals surface area contributed by atoms with Gasteiger partial charge >= 0.3 is 0 Å². The number of nitrogens with zero attached hydrogens (tertiary/aromatic N) is 2. The van der Waals surface area contributed by atoms with E-state index in [1.807, 2.05) is 51.6 Å². The fourth-order valence-electron chi connectivity index (χ4n) is 2.73. The molecule has 1 saturated heterocycles. The fourth-order valence-corrected chi connectivity index (χ4v) is 3.43. The van der Waals surface area contributed by atoms with Crippen LogP contribution in [0.15, 0.2) is 41.8 Å². The van der Waals surface area contributed by atoms with E-state index in [-0.39, 0.29) is 11.8 Å². The number of aryl methyl sites for hydroxylation is 1. The van der Waals surface area contributed by atoms with E-state index >= 15 is 0 Å². The molecule has 0 aliphatic carbocycles. The zero-order valence-electron chi connectivity index (χ0n) is 13.2. The molecule has 1 aliphatic rings. The van der Waals surface area contributed by atoms with Crippen LogP contribution in [0.3, 0.4) is 0 Å². The molecule has 1 fully saturated rings. The molecular formula is C18H20N2O2S. The summed E-state index contributed by atoms with van der Waals surface area (Å²) in [4.78, 5) is 29.3. The number of rotatable bonds is 3. The van der Waals surface area contributed by atoms with Crippen molar-refractivity contribution in [1.29, 1.82) is 0 Å². The number of benzene rings is 1. The molecule has 2 amide bonds. The highest BCUT2D eigenvalue weighted by Gasteiger charge is 2.25. The Morgan fingerprint density at radius 1 is 0.957 bits per heavy atom. The van der Waals surface area contributed by atoms with Crippen LogP contribution >= 0.6 is 11.3 Å². The van der Waals surface area contributed by atoms with Crippen molar-refractivity contribution in [3.05, 3.63) is 57.8 Å². The minimum atomic E-state index is 0.0517. The maximum atomic E-state index is 12.5. The van der Waals surface area contributed by atoms with E-state index in [2.05, 4.69) is 6.92 Å². The topological polar surface area (TPSA) is 40.6 Å². The van der Waals surface area contributed by atoms with Crippen LogP contribution in [0.4, 0.5) is 0 Å². The van der Waals surface area contributed by atoms with Gasteiger partial charge in [-0.1, -0.05) is 25.1 Å². The Kier molecular flexibility index (Phi) is 4.76. The Bertz CT molecular complexity index is 672. The maximum absolute atomic E-state index is 12.5. The van der Waals surface area contributed by atoms with E-state index in [1.165, 1.54) is 16.9 Å². The molecule has 1 aliphatic heterocycles. The molecule has 0 spiro atoms. The van der Waals surface area contributed by atoms with Crippen molar-refractivity contribution in [2.24, 2.45) is 0 Å². The Hall–Kier alpha value is -2.14. The first-order valence-corrected chi connectivity index (χ1v) is 8.78. The second-order valence-electron chi connectivity index (χ2n) is 5.61. The average molecular weight is 328 g/mol. The summed E-state index contributed by atoms with van der Waals surface area (Å²) in [6.45, 7) is 4.46. The van der Waals surface area contributed by atoms with Crippen LogP contribution in [0.2, 0.25) is 0 Å². The standard InChI is InChI=1S/C18H20N2O2S/c1-2-14-5-7-15(8-6-14)17(21)19-9-11-20(12-10-19)18(22)16-4-3-13-23-16/h3-8,13H,2,9-12H2,1H3. The highest BCUT2D eigenvalue weighted by molar-refractivity contribution is 7.12. The van der Waals surface area contributed by atoms with Crippen LogP contribution < -0.4 is 0 Å². The molecule has 5 heteroatoms. The zero-order valence-corrected chi connectivity index (χ0v) is 14.0. The molecule has 3 rings (SSSR count). The predicted octanol–water partition coefficient (Wildman–Crippen LogP) is 2.91. The molecule has 2 aromatic rings. The SMILES string of the molecule is CCc1ccc(C(=O)N2CCN(C(=O)c3cccs3)CC2)cc1. The van der Waals surface area contributed by atoms with Gasteiger partial charge in [0.25, 0.3) is 11.8 Å². The monoisotopic (exact) mass is 328 g/mol. The lowest BCUT2D eigenvalue weighted by molar-refractivity contribution is 0.0538. The summed E-state index contributed by atoms with van der Waals surface area (Å²) in [6, 6.07) is 11.5. The maximum Gasteiger partial charge on any atom is 0.264 e. The molecule has 0 bridgehead atoms. The van der Waals surface area contributed by atoms with E-state index in [0.29, 0.717) is 26.2 Å². The van der Waals surface area contributed by atoms with Crippen LogP contribution in [0.1, 0.15) is 32.5 Å². The quantitative estimate of drug-likeness (QED) is 0.869. The van der Waals surface area contributed by atoms with Crippen LogP contribution in [0, 0.1) is 0 Å². The van der Waals surface area contributed by atoms with Crippen LogP contribution in [-0.4, -0.2) is 47.8 Å². The fraction of sp³-hybridized carbons (Fsp3) is 0.333. The number of amides is 2. The molecule has 0 radical (unpaired) electrons. The molecule has 120 valence electrons. The third-order valence-electron chi connectivity index (χ3n) is 4.20. The average Bonchev–Trinajstić information content (AvgIpc) is 3.15. The van der Waals surface area contributed by atoms with Gasteiger partial charge in [0, 0.05) is 31.7 Å². The zero-order chi connectivity index (χ0) is 16.2. The summed E-state index contributed by atoms with van der Waals surface area (Å²) >= 11 is 1.46. The van der Waals surface area contributed by atoms with Gasteiger partial charge in [0.15, 0.2) is 0 Å². The first-order valence-electron chi connectivity index (χ1n) is 7.90. The highest BCUT2D eigenvalue weighted by atomic mass is 32.1. The molecule has 1 aromatic heterocycles. The smallest absolute Gasteiger partial charge is 0.264 e. The van der Waals surface area contributed by atoms with Crippen molar-refractivity contribution in [2.45, 2.75) is 13.3 Å². The normalized spacial score (nSPS) is 14.8. The van der Waals surface area contributed by atoms with Gasteiger partial charge in [-0.25, -0.2) is 0 Å². The Labute approximate surface area is 140 Å². The molecule has 0 unspecified atom stereocenters. The van der Waals surface area contributed by atoms with E-state index < -0.39 is 0 Å². The van der Waals surface area contributed by atoms with E-state index in [9.17, 15) is 9.59 Å². The van der Waals surface area contributed by atoms with Gasteiger partial charge in [0.1, 0.15) is 0 Å². The first kappa shape index (κ1) is 15.7.